The number of aromatic nitrogens is 3. The maximum absolute atomic E-state index is 11.6. The fraction of sp³-hybridized carbons (Fsp3) is 0.625. The predicted molar refractivity (Wildman–Crippen MR) is 55.3 cm³/mol. The molecule has 0 saturated carbocycles. The topological polar surface area (TPSA) is 102 Å². The quantitative estimate of drug-likeness (QED) is 0.749. The molecule has 1 unspecified atom stereocenters. The molecular weight excluding hydrogens is 234 g/mol. The van der Waals surface area contributed by atoms with Crippen LogP contribution in [0, 0.1) is 5.92 Å². The minimum atomic E-state index is -3.46. The molecule has 8 heteroatoms. The summed E-state index contributed by atoms with van der Waals surface area (Å²) in [5.74, 6) is -2.71. The second-order valence-electron chi connectivity index (χ2n) is 3.68. The van der Waals surface area contributed by atoms with Crippen LogP contribution in [0.25, 0.3) is 0 Å². The minimum Gasteiger partial charge on any atom is -0.481 e. The summed E-state index contributed by atoms with van der Waals surface area (Å²) < 4.78 is 24.6. The van der Waals surface area contributed by atoms with E-state index >= 15 is 0 Å². The first-order chi connectivity index (χ1) is 7.30. The molecule has 7 nitrogen and oxygen atoms in total. The lowest BCUT2D eigenvalue weighted by atomic mass is 10.2. The largest absolute Gasteiger partial charge is 0.481 e. The standard InChI is InChI=1S/C8H13N3O4S/c1-6(8(12)13)4-16(14,15)5-7-3-11(2)10-9-7/h3,6H,4-5H2,1-2H3,(H,12,13). The van der Waals surface area contributed by atoms with E-state index in [1.807, 2.05) is 0 Å². The number of rotatable bonds is 5. The van der Waals surface area contributed by atoms with Gasteiger partial charge in [-0.25, -0.2) is 8.42 Å². The van der Waals surface area contributed by atoms with Crippen LogP contribution in [0.3, 0.4) is 0 Å². The van der Waals surface area contributed by atoms with Gasteiger partial charge >= 0.3 is 5.97 Å². The van der Waals surface area contributed by atoms with E-state index in [2.05, 4.69) is 10.3 Å². The van der Waals surface area contributed by atoms with Crippen molar-refractivity contribution in [3.63, 3.8) is 0 Å². The van der Waals surface area contributed by atoms with Gasteiger partial charge in [-0.3, -0.25) is 9.48 Å². The van der Waals surface area contributed by atoms with Gasteiger partial charge < -0.3 is 5.11 Å². The van der Waals surface area contributed by atoms with E-state index in [0.717, 1.165) is 0 Å². The Bertz CT molecular complexity index is 479. The van der Waals surface area contributed by atoms with Crippen LogP contribution in [0.15, 0.2) is 6.20 Å². The number of aryl methyl sites for hydroxylation is 1. The molecule has 1 N–H and O–H groups in total. The van der Waals surface area contributed by atoms with Crippen molar-refractivity contribution in [3.8, 4) is 0 Å². The Morgan fingerprint density at radius 1 is 1.62 bits per heavy atom. The number of carboxylic acids is 1. The zero-order valence-corrected chi connectivity index (χ0v) is 9.81. The predicted octanol–water partition coefficient (Wildman–Crippen LogP) is -0.549. The molecule has 90 valence electrons. The fourth-order valence-corrected chi connectivity index (χ4v) is 2.80. The highest BCUT2D eigenvalue weighted by Crippen LogP contribution is 2.07. The molecule has 0 amide bonds. The zero-order valence-electron chi connectivity index (χ0n) is 8.99. The molecule has 0 aliphatic carbocycles. The van der Waals surface area contributed by atoms with Crippen molar-refractivity contribution in [1.82, 2.24) is 15.0 Å². The summed E-state index contributed by atoms with van der Waals surface area (Å²) in [6, 6.07) is 0. The lowest BCUT2D eigenvalue weighted by Crippen LogP contribution is -2.22. The molecule has 0 bridgehead atoms. The summed E-state index contributed by atoms with van der Waals surface area (Å²) in [7, 11) is -1.83. The number of hydrogen-bond donors (Lipinski definition) is 1. The van der Waals surface area contributed by atoms with Gasteiger partial charge in [-0.05, 0) is 0 Å². The Morgan fingerprint density at radius 3 is 2.69 bits per heavy atom. The van der Waals surface area contributed by atoms with Gasteiger partial charge in [0, 0.05) is 13.2 Å². The smallest absolute Gasteiger partial charge is 0.307 e. The molecule has 1 atom stereocenters. The van der Waals surface area contributed by atoms with Crippen LogP contribution in [-0.2, 0) is 27.4 Å². The first-order valence-corrected chi connectivity index (χ1v) is 6.41. The van der Waals surface area contributed by atoms with E-state index in [1.54, 1.807) is 7.05 Å². The highest BCUT2D eigenvalue weighted by molar-refractivity contribution is 7.90. The van der Waals surface area contributed by atoms with Crippen LogP contribution >= 0.6 is 0 Å². The van der Waals surface area contributed by atoms with Crippen molar-refractivity contribution in [3.05, 3.63) is 11.9 Å². The SMILES string of the molecule is CC(CS(=O)(=O)Cc1cn(C)nn1)C(=O)O. The fourth-order valence-electron chi connectivity index (χ4n) is 1.20. The summed E-state index contributed by atoms with van der Waals surface area (Å²) in [5.41, 5.74) is 0.320. The lowest BCUT2D eigenvalue weighted by molar-refractivity contribution is -0.140. The van der Waals surface area contributed by atoms with Gasteiger partial charge in [0.1, 0.15) is 0 Å². The third-order valence-electron chi connectivity index (χ3n) is 1.94. The molecule has 1 aromatic heterocycles. The van der Waals surface area contributed by atoms with Crippen LogP contribution in [-0.4, -0.2) is 40.2 Å². The lowest BCUT2D eigenvalue weighted by Gasteiger charge is -2.05. The van der Waals surface area contributed by atoms with Crippen LogP contribution in [0.5, 0.6) is 0 Å². The Morgan fingerprint density at radius 2 is 2.25 bits per heavy atom. The van der Waals surface area contributed by atoms with E-state index < -0.39 is 21.7 Å². The van der Waals surface area contributed by atoms with E-state index in [9.17, 15) is 13.2 Å². The summed E-state index contributed by atoms with van der Waals surface area (Å²) in [6.45, 7) is 1.36. The third kappa shape index (κ3) is 3.61. The summed E-state index contributed by atoms with van der Waals surface area (Å²) >= 11 is 0. The maximum atomic E-state index is 11.6. The second-order valence-corrected chi connectivity index (χ2v) is 5.79. The van der Waals surface area contributed by atoms with E-state index in [0.29, 0.717) is 5.69 Å². The van der Waals surface area contributed by atoms with Crippen molar-refractivity contribution < 1.29 is 18.3 Å². The van der Waals surface area contributed by atoms with Gasteiger partial charge in [0.05, 0.1) is 23.1 Å². The van der Waals surface area contributed by atoms with Crippen LogP contribution < -0.4 is 0 Å². The van der Waals surface area contributed by atoms with Gasteiger partial charge in [0.15, 0.2) is 9.84 Å². The van der Waals surface area contributed by atoms with E-state index in [4.69, 9.17) is 5.11 Å². The number of nitrogens with zero attached hydrogens (tertiary/aromatic N) is 3. The molecule has 0 radical (unpaired) electrons. The highest BCUT2D eigenvalue weighted by atomic mass is 32.2. The van der Waals surface area contributed by atoms with Crippen molar-refractivity contribution in [1.29, 1.82) is 0 Å². The average Bonchev–Trinajstić information content (AvgIpc) is 2.48. The van der Waals surface area contributed by atoms with Crippen molar-refractivity contribution in [2.45, 2.75) is 12.7 Å². The zero-order chi connectivity index (χ0) is 12.3. The monoisotopic (exact) mass is 247 g/mol. The van der Waals surface area contributed by atoms with Gasteiger partial charge in [0.2, 0.25) is 0 Å². The Balaban J connectivity index is 2.69. The summed E-state index contributed by atoms with van der Waals surface area (Å²) in [4.78, 5) is 10.5. The Labute approximate surface area is 93.0 Å². The molecular formula is C8H13N3O4S. The minimum absolute atomic E-state index is 0.279. The number of hydrogen-bond acceptors (Lipinski definition) is 5. The molecule has 0 aromatic carbocycles. The molecule has 1 heterocycles. The summed E-state index contributed by atoms with van der Waals surface area (Å²) in [6.07, 6.45) is 1.49. The molecule has 0 aliphatic heterocycles. The molecule has 0 aliphatic rings. The number of aliphatic carboxylic acids is 1. The van der Waals surface area contributed by atoms with Gasteiger partial charge in [-0.15, -0.1) is 5.10 Å². The third-order valence-corrected chi connectivity index (χ3v) is 3.69. The van der Waals surface area contributed by atoms with Crippen LogP contribution in [0.2, 0.25) is 0 Å². The van der Waals surface area contributed by atoms with Gasteiger partial charge in [0.25, 0.3) is 0 Å². The molecule has 16 heavy (non-hydrogen) atoms. The van der Waals surface area contributed by atoms with Crippen molar-refractivity contribution >= 4 is 15.8 Å². The Hall–Kier alpha value is -1.44. The molecule has 0 fully saturated rings. The van der Waals surface area contributed by atoms with Gasteiger partial charge in [-0.1, -0.05) is 12.1 Å². The first-order valence-electron chi connectivity index (χ1n) is 4.58. The normalized spacial score (nSPS) is 13.6. The van der Waals surface area contributed by atoms with E-state index in [-0.39, 0.29) is 11.5 Å². The van der Waals surface area contributed by atoms with Crippen molar-refractivity contribution in [2.24, 2.45) is 13.0 Å². The average molecular weight is 247 g/mol. The first kappa shape index (κ1) is 12.6. The molecule has 0 saturated heterocycles. The van der Waals surface area contributed by atoms with Crippen LogP contribution in [0.4, 0.5) is 0 Å². The number of sulfone groups is 1. The maximum Gasteiger partial charge on any atom is 0.307 e. The summed E-state index contributed by atoms with van der Waals surface area (Å²) in [5, 5.41) is 15.9. The molecule has 1 aromatic rings. The molecule has 0 spiro atoms. The molecule has 1 rings (SSSR count). The number of carboxylic acid groups (broad SMARTS) is 1. The second kappa shape index (κ2) is 4.60. The van der Waals surface area contributed by atoms with Crippen LogP contribution in [0.1, 0.15) is 12.6 Å². The van der Waals surface area contributed by atoms with E-state index in [1.165, 1.54) is 17.8 Å². The number of carbonyl (C=O) groups is 1. The van der Waals surface area contributed by atoms with Crippen molar-refractivity contribution in [2.75, 3.05) is 5.75 Å². The highest BCUT2D eigenvalue weighted by Gasteiger charge is 2.22. The van der Waals surface area contributed by atoms with Gasteiger partial charge in [-0.2, -0.15) is 0 Å². The Kier molecular flexibility index (Phi) is 3.63.